The summed E-state index contributed by atoms with van der Waals surface area (Å²) in [6.45, 7) is 3.41. The van der Waals surface area contributed by atoms with E-state index in [0.717, 1.165) is 5.01 Å². The fourth-order valence-electron chi connectivity index (χ4n) is 1.39. The molecule has 0 atom stereocenters. The monoisotopic (exact) mass is 405 g/mol. The Labute approximate surface area is 139 Å². The summed E-state index contributed by atoms with van der Waals surface area (Å²) in [7, 11) is -3.59. The van der Waals surface area contributed by atoms with Gasteiger partial charge in [-0.25, -0.2) is 18.4 Å². The van der Waals surface area contributed by atoms with Gasteiger partial charge in [-0.05, 0) is 22.4 Å². The Morgan fingerprint density at radius 2 is 2.09 bits per heavy atom. The van der Waals surface area contributed by atoms with Crippen LogP contribution in [-0.4, -0.2) is 40.2 Å². The predicted octanol–water partition coefficient (Wildman–Crippen LogP) is 1.70. The third-order valence-corrected chi connectivity index (χ3v) is 5.66. The number of halogens is 1. The van der Waals surface area contributed by atoms with Crippen LogP contribution in [0, 0.1) is 0 Å². The molecule has 0 bridgehead atoms. The lowest BCUT2D eigenvalue weighted by Gasteiger charge is -2.05. The molecule has 8 nitrogen and oxygen atoms in total. The van der Waals surface area contributed by atoms with Crippen LogP contribution in [0.15, 0.2) is 15.8 Å². The van der Waals surface area contributed by atoms with E-state index in [0.29, 0.717) is 16.0 Å². The van der Waals surface area contributed by atoms with Crippen molar-refractivity contribution in [3.8, 4) is 0 Å². The van der Waals surface area contributed by atoms with Crippen LogP contribution in [0.2, 0.25) is 0 Å². The van der Waals surface area contributed by atoms with Crippen molar-refractivity contribution >= 4 is 48.1 Å². The quantitative estimate of drug-likeness (QED) is 0.752. The number of aromatic nitrogens is 4. The minimum absolute atomic E-state index is 0.0738. The van der Waals surface area contributed by atoms with Gasteiger partial charge in [0.25, 0.3) is 5.91 Å². The van der Waals surface area contributed by atoms with Crippen molar-refractivity contribution in [2.45, 2.75) is 25.4 Å². The SMILES string of the molecule is CCc1nnc(NC(=O)c2nc(S(=O)(=O)CC)ncc2Br)s1. The number of sulfone groups is 1. The molecule has 0 radical (unpaired) electrons. The number of anilines is 1. The van der Waals surface area contributed by atoms with Crippen LogP contribution in [-0.2, 0) is 16.3 Å². The summed E-state index contributed by atoms with van der Waals surface area (Å²) in [4.78, 5) is 19.8. The van der Waals surface area contributed by atoms with E-state index < -0.39 is 15.7 Å². The summed E-state index contributed by atoms with van der Waals surface area (Å²) in [5, 5.41) is 11.0. The van der Waals surface area contributed by atoms with Crippen molar-refractivity contribution < 1.29 is 13.2 Å². The van der Waals surface area contributed by atoms with Crippen molar-refractivity contribution in [1.29, 1.82) is 0 Å². The van der Waals surface area contributed by atoms with Crippen LogP contribution < -0.4 is 5.32 Å². The fourth-order valence-corrected chi connectivity index (χ4v) is 3.14. The van der Waals surface area contributed by atoms with Gasteiger partial charge in [-0.15, -0.1) is 10.2 Å². The van der Waals surface area contributed by atoms with Crippen LogP contribution in [0.1, 0.15) is 29.3 Å². The van der Waals surface area contributed by atoms with Gasteiger partial charge in [-0.1, -0.05) is 25.2 Å². The highest BCUT2D eigenvalue weighted by atomic mass is 79.9. The first-order valence-corrected chi connectivity index (χ1v) is 9.52. The Morgan fingerprint density at radius 3 is 2.68 bits per heavy atom. The molecule has 0 saturated carbocycles. The molecule has 1 N–H and O–H groups in total. The highest BCUT2D eigenvalue weighted by molar-refractivity contribution is 9.10. The number of hydrogen-bond donors (Lipinski definition) is 1. The maximum Gasteiger partial charge on any atom is 0.277 e. The first-order valence-electron chi connectivity index (χ1n) is 6.26. The minimum Gasteiger partial charge on any atom is -0.295 e. The lowest BCUT2D eigenvalue weighted by molar-refractivity contribution is 0.102. The number of hydrogen-bond acceptors (Lipinski definition) is 8. The molecule has 2 heterocycles. The number of carbonyl (C=O) groups excluding carboxylic acids is 1. The van der Waals surface area contributed by atoms with Gasteiger partial charge < -0.3 is 0 Å². The van der Waals surface area contributed by atoms with E-state index >= 15 is 0 Å². The largest absolute Gasteiger partial charge is 0.295 e. The number of nitrogens with one attached hydrogen (secondary N) is 1. The third-order valence-electron chi connectivity index (χ3n) is 2.59. The average molecular weight is 406 g/mol. The molecule has 0 aliphatic rings. The molecular formula is C11H12BrN5O3S2. The zero-order valence-electron chi connectivity index (χ0n) is 11.7. The Kier molecular flexibility index (Phi) is 5.19. The molecule has 0 spiro atoms. The number of rotatable bonds is 5. The summed E-state index contributed by atoms with van der Waals surface area (Å²) >= 11 is 4.38. The third kappa shape index (κ3) is 3.65. The Morgan fingerprint density at radius 1 is 1.36 bits per heavy atom. The zero-order chi connectivity index (χ0) is 16.3. The molecule has 2 rings (SSSR count). The van der Waals surface area contributed by atoms with Crippen molar-refractivity contribution in [1.82, 2.24) is 20.2 Å². The van der Waals surface area contributed by atoms with Crippen LogP contribution >= 0.6 is 27.3 Å². The van der Waals surface area contributed by atoms with Crippen LogP contribution in [0.25, 0.3) is 0 Å². The molecule has 2 aromatic rings. The smallest absolute Gasteiger partial charge is 0.277 e. The second-order valence-electron chi connectivity index (χ2n) is 4.06. The van der Waals surface area contributed by atoms with E-state index in [9.17, 15) is 13.2 Å². The first kappa shape index (κ1) is 16.9. The van der Waals surface area contributed by atoms with Gasteiger partial charge in [0.15, 0.2) is 0 Å². The number of carbonyl (C=O) groups is 1. The summed E-state index contributed by atoms with van der Waals surface area (Å²) < 4.78 is 23.9. The molecule has 1 amide bonds. The van der Waals surface area contributed by atoms with Gasteiger partial charge in [-0.2, -0.15) is 0 Å². The van der Waals surface area contributed by atoms with E-state index in [4.69, 9.17) is 0 Å². The predicted molar refractivity (Wildman–Crippen MR) is 84.7 cm³/mol. The molecular weight excluding hydrogens is 394 g/mol. The van der Waals surface area contributed by atoms with Gasteiger partial charge in [0.2, 0.25) is 20.1 Å². The van der Waals surface area contributed by atoms with Crippen molar-refractivity contribution in [3.63, 3.8) is 0 Å². The van der Waals surface area contributed by atoms with Gasteiger partial charge in [0, 0.05) is 6.20 Å². The molecule has 0 aliphatic carbocycles. The van der Waals surface area contributed by atoms with E-state index in [1.165, 1.54) is 24.5 Å². The van der Waals surface area contributed by atoms with E-state index in [1.54, 1.807) is 0 Å². The van der Waals surface area contributed by atoms with Gasteiger partial charge >= 0.3 is 0 Å². The minimum atomic E-state index is -3.59. The summed E-state index contributed by atoms with van der Waals surface area (Å²) in [6, 6.07) is 0. The summed E-state index contributed by atoms with van der Waals surface area (Å²) in [5.74, 6) is -0.730. The van der Waals surface area contributed by atoms with Crippen LogP contribution in [0.4, 0.5) is 5.13 Å². The molecule has 0 fully saturated rings. The Balaban J connectivity index is 2.31. The second-order valence-corrected chi connectivity index (χ2v) is 8.15. The maximum atomic E-state index is 12.2. The van der Waals surface area contributed by atoms with Crippen molar-refractivity contribution in [2.75, 3.05) is 11.1 Å². The second kappa shape index (κ2) is 6.75. The van der Waals surface area contributed by atoms with E-state index in [2.05, 4.69) is 41.4 Å². The van der Waals surface area contributed by atoms with Crippen LogP contribution in [0.3, 0.4) is 0 Å². The Bertz CT molecular complexity index is 806. The van der Waals surface area contributed by atoms with Crippen molar-refractivity contribution in [3.05, 3.63) is 21.4 Å². The van der Waals surface area contributed by atoms with E-state index in [-0.39, 0.29) is 16.6 Å². The molecule has 2 aromatic heterocycles. The molecule has 0 saturated heterocycles. The lowest BCUT2D eigenvalue weighted by atomic mass is 10.4. The van der Waals surface area contributed by atoms with Gasteiger partial charge in [0.1, 0.15) is 10.7 Å². The molecule has 118 valence electrons. The number of nitrogens with zero attached hydrogens (tertiary/aromatic N) is 4. The fraction of sp³-hybridized carbons (Fsp3) is 0.364. The summed E-state index contributed by atoms with van der Waals surface area (Å²) in [6.07, 6.45) is 1.95. The molecule has 0 unspecified atom stereocenters. The lowest BCUT2D eigenvalue weighted by Crippen LogP contribution is -2.18. The van der Waals surface area contributed by atoms with Crippen molar-refractivity contribution in [2.24, 2.45) is 0 Å². The molecule has 0 aromatic carbocycles. The standard InChI is InChI=1S/C11H12BrN5O3S2/c1-3-7-16-17-10(21-7)15-9(18)8-6(12)5-13-11(14-8)22(19,20)4-2/h5H,3-4H2,1-2H3,(H,15,17,18). The van der Waals surface area contributed by atoms with Crippen LogP contribution in [0.5, 0.6) is 0 Å². The van der Waals surface area contributed by atoms with Gasteiger partial charge in [0.05, 0.1) is 10.2 Å². The molecule has 22 heavy (non-hydrogen) atoms. The first-order chi connectivity index (χ1) is 10.4. The topological polar surface area (TPSA) is 115 Å². The highest BCUT2D eigenvalue weighted by Gasteiger charge is 2.21. The zero-order valence-corrected chi connectivity index (χ0v) is 14.9. The average Bonchev–Trinajstić information content (AvgIpc) is 2.95. The molecule has 11 heteroatoms. The summed E-state index contributed by atoms with van der Waals surface area (Å²) in [5.41, 5.74) is -0.0738. The number of amides is 1. The maximum absolute atomic E-state index is 12.2. The van der Waals surface area contributed by atoms with Gasteiger partial charge in [-0.3, -0.25) is 10.1 Å². The number of aryl methyl sites for hydroxylation is 1. The normalized spacial score (nSPS) is 11.4. The molecule has 0 aliphatic heterocycles. The Hall–Kier alpha value is -1.46. The van der Waals surface area contributed by atoms with E-state index in [1.807, 2.05) is 6.92 Å². The highest BCUT2D eigenvalue weighted by Crippen LogP contribution is 2.20.